The van der Waals surface area contributed by atoms with Gasteiger partial charge in [0.2, 0.25) is 0 Å². The molecule has 1 fully saturated rings. The predicted molar refractivity (Wildman–Crippen MR) is 95.3 cm³/mol. The lowest BCUT2D eigenvalue weighted by Gasteiger charge is -2.36. The van der Waals surface area contributed by atoms with E-state index in [0.717, 1.165) is 69.2 Å². The Labute approximate surface area is 148 Å². The van der Waals surface area contributed by atoms with Crippen LogP contribution in [0, 0.1) is 5.41 Å². The van der Waals surface area contributed by atoms with Crippen LogP contribution in [-0.2, 0) is 6.18 Å². The van der Waals surface area contributed by atoms with Gasteiger partial charge in [0.15, 0.2) is 0 Å². The summed E-state index contributed by atoms with van der Waals surface area (Å²) in [6.07, 6.45) is -1.38. The van der Waals surface area contributed by atoms with Crippen LogP contribution < -0.4 is 5.32 Å². The van der Waals surface area contributed by atoms with E-state index in [1.807, 2.05) is 6.07 Å². The van der Waals surface area contributed by atoms with Crippen LogP contribution in [0.5, 0.6) is 0 Å². The second kappa shape index (κ2) is 7.12. The quantitative estimate of drug-likeness (QED) is 0.857. The van der Waals surface area contributed by atoms with Crippen LogP contribution in [0.4, 0.5) is 13.2 Å². The zero-order valence-electron chi connectivity index (χ0n) is 15.0. The molecule has 0 bridgehead atoms. The van der Waals surface area contributed by atoms with Crippen LogP contribution in [0.25, 0.3) is 5.57 Å². The van der Waals surface area contributed by atoms with Gasteiger partial charge in [0.1, 0.15) is 0 Å². The Hall–Kier alpha value is -1.33. The molecule has 5 heteroatoms. The van der Waals surface area contributed by atoms with E-state index in [9.17, 15) is 13.2 Å². The molecule has 3 rings (SSSR count). The van der Waals surface area contributed by atoms with Crippen LogP contribution in [-0.4, -0.2) is 37.6 Å². The van der Waals surface area contributed by atoms with Gasteiger partial charge < -0.3 is 5.32 Å². The zero-order valence-corrected chi connectivity index (χ0v) is 15.0. The minimum atomic E-state index is -4.29. The maximum absolute atomic E-state index is 13.1. The highest BCUT2D eigenvalue weighted by atomic mass is 19.4. The average Bonchev–Trinajstić information content (AvgIpc) is 2.57. The van der Waals surface area contributed by atoms with Gasteiger partial charge in [-0.25, -0.2) is 0 Å². The monoisotopic (exact) mass is 352 g/mol. The Balaban J connectivity index is 1.94. The van der Waals surface area contributed by atoms with Crippen molar-refractivity contribution in [2.45, 2.75) is 39.3 Å². The summed E-state index contributed by atoms with van der Waals surface area (Å²) >= 11 is 0. The molecule has 1 aromatic carbocycles. The van der Waals surface area contributed by atoms with Crippen molar-refractivity contribution in [3.63, 3.8) is 0 Å². The molecule has 1 aliphatic heterocycles. The SMILES string of the molecule is CC1(C)CCC(CN2CCNCC2)=C(c2cccc(C(F)(F)F)c2)C1. The standard InChI is InChI=1S/C20H27F3N2/c1-19(2)7-6-16(14-25-10-8-24-9-11-25)18(13-19)15-4-3-5-17(12-15)20(21,22)23/h3-5,12,24H,6-11,13-14H2,1-2H3. The number of allylic oxidation sites excluding steroid dienone is 1. The molecule has 138 valence electrons. The van der Waals surface area contributed by atoms with Crippen LogP contribution in [0.2, 0.25) is 0 Å². The summed E-state index contributed by atoms with van der Waals surface area (Å²) < 4.78 is 39.4. The molecule has 1 heterocycles. The number of alkyl halides is 3. The number of halogens is 3. The molecule has 0 unspecified atom stereocenters. The smallest absolute Gasteiger partial charge is 0.314 e. The molecule has 1 aromatic rings. The Kier molecular flexibility index (Phi) is 5.26. The molecule has 1 N–H and O–H groups in total. The summed E-state index contributed by atoms with van der Waals surface area (Å²) in [6.45, 7) is 9.27. The normalized spacial score (nSPS) is 22.3. The van der Waals surface area contributed by atoms with Crippen LogP contribution in [0.3, 0.4) is 0 Å². The lowest BCUT2D eigenvalue weighted by molar-refractivity contribution is -0.137. The molecule has 0 aromatic heterocycles. The predicted octanol–water partition coefficient (Wildman–Crippen LogP) is 4.57. The van der Waals surface area contributed by atoms with Crippen molar-refractivity contribution in [2.24, 2.45) is 5.41 Å². The number of hydrogen-bond donors (Lipinski definition) is 1. The van der Waals surface area contributed by atoms with Crippen LogP contribution in [0.15, 0.2) is 29.8 Å². The van der Waals surface area contributed by atoms with Gasteiger partial charge in [0.05, 0.1) is 5.56 Å². The topological polar surface area (TPSA) is 15.3 Å². The van der Waals surface area contributed by atoms with Crippen molar-refractivity contribution in [3.05, 3.63) is 41.0 Å². The second-order valence-electron chi connectivity index (χ2n) is 8.03. The van der Waals surface area contributed by atoms with Gasteiger partial charge in [-0.05, 0) is 47.9 Å². The van der Waals surface area contributed by atoms with Crippen molar-refractivity contribution >= 4 is 5.57 Å². The molecule has 0 spiro atoms. The van der Waals surface area contributed by atoms with Gasteiger partial charge in [-0.3, -0.25) is 4.90 Å². The fourth-order valence-electron chi connectivity index (χ4n) is 3.84. The summed E-state index contributed by atoms with van der Waals surface area (Å²) in [5.74, 6) is 0. The number of hydrogen-bond acceptors (Lipinski definition) is 2. The molecular weight excluding hydrogens is 325 g/mol. The molecule has 2 nitrogen and oxygen atoms in total. The van der Waals surface area contributed by atoms with Gasteiger partial charge in [-0.15, -0.1) is 0 Å². The van der Waals surface area contributed by atoms with Gasteiger partial charge in [0.25, 0.3) is 0 Å². The number of rotatable bonds is 3. The molecule has 0 radical (unpaired) electrons. The molecule has 0 amide bonds. The number of benzene rings is 1. The second-order valence-corrected chi connectivity index (χ2v) is 8.03. The largest absolute Gasteiger partial charge is 0.416 e. The van der Waals surface area contributed by atoms with E-state index in [-0.39, 0.29) is 5.41 Å². The fraction of sp³-hybridized carbons (Fsp3) is 0.600. The third-order valence-corrected chi connectivity index (χ3v) is 5.35. The molecule has 25 heavy (non-hydrogen) atoms. The maximum Gasteiger partial charge on any atom is 0.416 e. The third-order valence-electron chi connectivity index (χ3n) is 5.35. The van der Waals surface area contributed by atoms with E-state index in [4.69, 9.17) is 0 Å². The summed E-state index contributed by atoms with van der Waals surface area (Å²) in [5, 5.41) is 3.35. The molecule has 1 saturated heterocycles. The minimum absolute atomic E-state index is 0.135. The number of nitrogens with zero attached hydrogens (tertiary/aromatic N) is 1. The molecular formula is C20H27F3N2. The van der Waals surface area contributed by atoms with Crippen molar-refractivity contribution in [1.29, 1.82) is 0 Å². The highest BCUT2D eigenvalue weighted by molar-refractivity contribution is 5.71. The highest BCUT2D eigenvalue weighted by Crippen LogP contribution is 2.44. The average molecular weight is 352 g/mol. The van der Waals surface area contributed by atoms with E-state index < -0.39 is 11.7 Å². The van der Waals surface area contributed by atoms with E-state index >= 15 is 0 Å². The number of nitrogens with one attached hydrogen (secondary N) is 1. The molecule has 0 atom stereocenters. The Morgan fingerprint density at radius 2 is 1.88 bits per heavy atom. The summed E-state index contributed by atoms with van der Waals surface area (Å²) in [7, 11) is 0. The van der Waals surface area contributed by atoms with Crippen molar-refractivity contribution in [3.8, 4) is 0 Å². The van der Waals surface area contributed by atoms with Crippen LogP contribution >= 0.6 is 0 Å². The van der Waals surface area contributed by atoms with Crippen molar-refractivity contribution < 1.29 is 13.2 Å². The molecule has 0 saturated carbocycles. The first kappa shape index (κ1) is 18.5. The summed E-state index contributed by atoms with van der Waals surface area (Å²) in [5.41, 5.74) is 2.77. The highest BCUT2D eigenvalue weighted by Gasteiger charge is 2.32. The van der Waals surface area contributed by atoms with Crippen molar-refractivity contribution in [1.82, 2.24) is 10.2 Å². The van der Waals surface area contributed by atoms with Gasteiger partial charge in [0, 0.05) is 32.7 Å². The molecule has 1 aliphatic carbocycles. The van der Waals surface area contributed by atoms with Crippen LogP contribution in [0.1, 0.15) is 44.2 Å². The Morgan fingerprint density at radius 1 is 1.16 bits per heavy atom. The first-order valence-electron chi connectivity index (χ1n) is 9.06. The lowest BCUT2D eigenvalue weighted by atomic mass is 9.72. The van der Waals surface area contributed by atoms with Gasteiger partial charge in [-0.2, -0.15) is 13.2 Å². The van der Waals surface area contributed by atoms with E-state index in [0.29, 0.717) is 0 Å². The third kappa shape index (κ3) is 4.64. The number of piperazine rings is 1. The van der Waals surface area contributed by atoms with Gasteiger partial charge >= 0.3 is 6.18 Å². The van der Waals surface area contributed by atoms with E-state index in [1.165, 1.54) is 17.7 Å². The summed E-state index contributed by atoms with van der Waals surface area (Å²) in [4.78, 5) is 2.41. The fourth-order valence-corrected chi connectivity index (χ4v) is 3.84. The Morgan fingerprint density at radius 3 is 2.56 bits per heavy atom. The first-order valence-corrected chi connectivity index (χ1v) is 9.06. The van der Waals surface area contributed by atoms with Crippen molar-refractivity contribution in [2.75, 3.05) is 32.7 Å². The van der Waals surface area contributed by atoms with Gasteiger partial charge in [-0.1, -0.05) is 31.6 Å². The maximum atomic E-state index is 13.1. The first-order chi connectivity index (χ1) is 11.7. The Bertz CT molecular complexity index is 641. The van der Waals surface area contributed by atoms with E-state index in [1.54, 1.807) is 0 Å². The minimum Gasteiger partial charge on any atom is -0.314 e. The zero-order chi connectivity index (χ0) is 18.1. The van der Waals surface area contributed by atoms with E-state index in [2.05, 4.69) is 24.1 Å². The lowest BCUT2D eigenvalue weighted by Crippen LogP contribution is -2.44. The molecule has 2 aliphatic rings. The summed E-state index contributed by atoms with van der Waals surface area (Å²) in [6, 6.07) is 5.86.